The normalized spacial score (nSPS) is 18.0. The fraction of sp³-hybridized carbons (Fsp3) is 0.462. The molecule has 1 atom stereocenters. The minimum absolute atomic E-state index is 0. The second-order valence-electron chi connectivity index (χ2n) is 4.41. The number of phenolic OH excluding ortho intramolecular Hbond substituents is 1. The quantitative estimate of drug-likeness (QED) is 0.880. The van der Waals surface area contributed by atoms with E-state index >= 15 is 0 Å². The maximum atomic E-state index is 12.4. The summed E-state index contributed by atoms with van der Waals surface area (Å²) in [5.41, 5.74) is 5.93. The summed E-state index contributed by atoms with van der Waals surface area (Å²) < 4.78 is 5.07. The van der Waals surface area contributed by atoms with Crippen LogP contribution in [0.4, 0.5) is 0 Å². The monoisotopic (exact) mass is 286 g/mol. The van der Waals surface area contributed by atoms with Crippen molar-refractivity contribution >= 4 is 18.3 Å². The number of phenols is 1. The van der Waals surface area contributed by atoms with Crippen molar-refractivity contribution in [1.82, 2.24) is 4.90 Å². The molecule has 106 valence electrons. The fourth-order valence-corrected chi connectivity index (χ4v) is 2.32. The van der Waals surface area contributed by atoms with Crippen molar-refractivity contribution < 1.29 is 14.6 Å². The van der Waals surface area contributed by atoms with Crippen molar-refractivity contribution in [3.63, 3.8) is 0 Å². The number of rotatable bonds is 3. The Hall–Kier alpha value is -1.46. The van der Waals surface area contributed by atoms with Gasteiger partial charge in [0, 0.05) is 19.1 Å². The van der Waals surface area contributed by atoms with Crippen molar-refractivity contribution in [1.29, 1.82) is 0 Å². The van der Waals surface area contributed by atoms with E-state index in [-0.39, 0.29) is 35.7 Å². The second kappa shape index (κ2) is 6.63. The van der Waals surface area contributed by atoms with Gasteiger partial charge in [-0.25, -0.2) is 0 Å². The summed E-state index contributed by atoms with van der Waals surface area (Å²) in [6.45, 7) is 1.15. The summed E-state index contributed by atoms with van der Waals surface area (Å²) in [5.74, 6) is 0.350. The van der Waals surface area contributed by atoms with Gasteiger partial charge in [0.1, 0.15) is 11.5 Å². The lowest BCUT2D eigenvalue weighted by molar-refractivity contribution is 0.0738. The summed E-state index contributed by atoms with van der Waals surface area (Å²) in [7, 11) is 1.53. The zero-order valence-corrected chi connectivity index (χ0v) is 11.7. The van der Waals surface area contributed by atoms with Crippen LogP contribution in [0.5, 0.6) is 11.5 Å². The number of nitrogens with zero attached hydrogens (tertiary/aromatic N) is 1. The highest BCUT2D eigenvalue weighted by Crippen LogP contribution is 2.27. The molecule has 1 saturated heterocycles. The van der Waals surface area contributed by atoms with E-state index in [4.69, 9.17) is 10.5 Å². The number of hydrogen-bond acceptors (Lipinski definition) is 4. The molecule has 6 heteroatoms. The number of methoxy groups -OCH3 is 1. The Balaban J connectivity index is 0.00000180. The fourth-order valence-electron chi connectivity index (χ4n) is 2.32. The lowest BCUT2D eigenvalue weighted by Gasteiger charge is -2.24. The van der Waals surface area contributed by atoms with Crippen LogP contribution in [0.2, 0.25) is 0 Å². The predicted octanol–water partition coefficient (Wildman–Crippen LogP) is 1.39. The first-order valence-electron chi connectivity index (χ1n) is 6.05. The molecule has 1 fully saturated rings. The van der Waals surface area contributed by atoms with Gasteiger partial charge in [-0.05, 0) is 31.0 Å². The molecule has 1 aromatic carbocycles. The highest BCUT2D eigenvalue weighted by atomic mass is 35.5. The summed E-state index contributed by atoms with van der Waals surface area (Å²) in [4.78, 5) is 14.1. The highest BCUT2D eigenvalue weighted by Gasteiger charge is 2.29. The van der Waals surface area contributed by atoms with Crippen LogP contribution < -0.4 is 10.5 Å². The Kier molecular flexibility index (Phi) is 5.44. The van der Waals surface area contributed by atoms with Crippen LogP contribution in [0.25, 0.3) is 0 Å². The molecule has 0 aliphatic carbocycles. The van der Waals surface area contributed by atoms with E-state index in [1.165, 1.54) is 13.2 Å². The summed E-state index contributed by atoms with van der Waals surface area (Å²) >= 11 is 0. The first-order valence-corrected chi connectivity index (χ1v) is 6.05. The van der Waals surface area contributed by atoms with Gasteiger partial charge in [-0.2, -0.15) is 0 Å². The van der Waals surface area contributed by atoms with Crippen molar-refractivity contribution in [2.45, 2.75) is 18.9 Å². The molecule has 0 radical (unpaired) electrons. The first-order chi connectivity index (χ1) is 8.67. The molecule has 0 saturated carbocycles. The van der Waals surface area contributed by atoms with Gasteiger partial charge in [-0.15, -0.1) is 12.4 Å². The number of carbonyl (C=O) groups excluding carboxylic acids is 1. The summed E-state index contributed by atoms with van der Waals surface area (Å²) in [6, 6.07) is 4.72. The van der Waals surface area contributed by atoms with Gasteiger partial charge in [-0.3, -0.25) is 4.79 Å². The molecular formula is C13H19ClN2O3. The van der Waals surface area contributed by atoms with Crippen LogP contribution in [-0.4, -0.2) is 42.2 Å². The minimum Gasteiger partial charge on any atom is -0.507 e. The smallest absolute Gasteiger partial charge is 0.258 e. The van der Waals surface area contributed by atoms with Gasteiger partial charge in [-0.1, -0.05) is 0 Å². The highest BCUT2D eigenvalue weighted by molar-refractivity contribution is 5.97. The molecule has 3 N–H and O–H groups in total. The van der Waals surface area contributed by atoms with Crippen molar-refractivity contribution in [2.75, 3.05) is 20.2 Å². The van der Waals surface area contributed by atoms with Gasteiger partial charge in [0.25, 0.3) is 5.91 Å². The molecule has 1 aliphatic heterocycles. The molecular weight excluding hydrogens is 268 g/mol. The van der Waals surface area contributed by atoms with Gasteiger partial charge in [0.2, 0.25) is 0 Å². The molecule has 1 unspecified atom stereocenters. The molecule has 0 aromatic heterocycles. The van der Waals surface area contributed by atoms with E-state index in [0.29, 0.717) is 18.8 Å². The van der Waals surface area contributed by atoms with Crippen LogP contribution in [0.1, 0.15) is 23.2 Å². The summed E-state index contributed by atoms with van der Waals surface area (Å²) in [5, 5.41) is 9.79. The number of amides is 1. The minimum atomic E-state index is -0.181. The van der Waals surface area contributed by atoms with Crippen LogP contribution in [0, 0.1) is 0 Å². The Morgan fingerprint density at radius 1 is 1.58 bits per heavy atom. The number of hydrogen-bond donors (Lipinski definition) is 2. The first kappa shape index (κ1) is 15.6. The molecule has 0 spiro atoms. The largest absolute Gasteiger partial charge is 0.507 e. The zero-order chi connectivity index (χ0) is 13.1. The van der Waals surface area contributed by atoms with Gasteiger partial charge < -0.3 is 20.5 Å². The third-order valence-corrected chi connectivity index (χ3v) is 3.34. The van der Waals surface area contributed by atoms with Crippen molar-refractivity contribution in [3.05, 3.63) is 23.8 Å². The van der Waals surface area contributed by atoms with Crippen molar-refractivity contribution in [2.24, 2.45) is 5.73 Å². The number of carbonyl (C=O) groups is 1. The van der Waals surface area contributed by atoms with Crippen LogP contribution >= 0.6 is 12.4 Å². The van der Waals surface area contributed by atoms with E-state index in [0.717, 1.165) is 12.8 Å². The molecule has 2 rings (SSSR count). The second-order valence-corrected chi connectivity index (χ2v) is 4.41. The Labute approximate surface area is 118 Å². The number of halogens is 1. The molecule has 0 bridgehead atoms. The average Bonchev–Trinajstić information content (AvgIpc) is 2.86. The van der Waals surface area contributed by atoms with Gasteiger partial charge >= 0.3 is 0 Å². The molecule has 1 heterocycles. The average molecular weight is 287 g/mol. The van der Waals surface area contributed by atoms with Gasteiger partial charge in [0.05, 0.1) is 12.7 Å². The number of likely N-dealkylation sites (tertiary alicyclic amines) is 1. The lowest BCUT2D eigenvalue weighted by Crippen LogP contribution is -2.39. The van der Waals surface area contributed by atoms with E-state index in [2.05, 4.69) is 0 Å². The molecule has 1 amide bonds. The lowest BCUT2D eigenvalue weighted by atomic mass is 10.1. The van der Waals surface area contributed by atoms with E-state index in [9.17, 15) is 9.90 Å². The Bertz CT molecular complexity index is 454. The number of nitrogens with two attached hydrogens (primary N) is 1. The Morgan fingerprint density at radius 3 is 2.95 bits per heavy atom. The third-order valence-electron chi connectivity index (χ3n) is 3.34. The van der Waals surface area contributed by atoms with E-state index < -0.39 is 0 Å². The standard InChI is InChI=1S/C13H18N2O3.ClH/c1-18-10-4-5-12(16)11(7-10)13(17)15-6-2-3-9(15)8-14;/h4-5,7,9,16H,2-3,6,8,14H2,1H3;1H. The van der Waals surface area contributed by atoms with E-state index in [1.54, 1.807) is 17.0 Å². The summed E-state index contributed by atoms with van der Waals surface area (Å²) in [6.07, 6.45) is 1.88. The maximum Gasteiger partial charge on any atom is 0.258 e. The topological polar surface area (TPSA) is 75.8 Å². The molecule has 19 heavy (non-hydrogen) atoms. The molecule has 1 aliphatic rings. The van der Waals surface area contributed by atoms with Crippen LogP contribution in [-0.2, 0) is 0 Å². The molecule has 1 aromatic rings. The number of benzene rings is 1. The third kappa shape index (κ3) is 3.11. The van der Waals surface area contributed by atoms with E-state index in [1.807, 2.05) is 0 Å². The SMILES string of the molecule is COc1ccc(O)c(C(=O)N2CCCC2CN)c1.Cl. The van der Waals surface area contributed by atoms with Crippen LogP contribution in [0.3, 0.4) is 0 Å². The maximum absolute atomic E-state index is 12.4. The van der Waals surface area contributed by atoms with Gasteiger partial charge in [0.15, 0.2) is 0 Å². The molecule has 5 nitrogen and oxygen atoms in total. The van der Waals surface area contributed by atoms with Crippen LogP contribution in [0.15, 0.2) is 18.2 Å². The Morgan fingerprint density at radius 2 is 2.32 bits per heavy atom. The number of aromatic hydroxyl groups is 1. The predicted molar refractivity (Wildman–Crippen MR) is 75.0 cm³/mol. The number of ether oxygens (including phenoxy) is 1. The zero-order valence-electron chi connectivity index (χ0n) is 10.8. The van der Waals surface area contributed by atoms with Crippen molar-refractivity contribution in [3.8, 4) is 11.5 Å².